The SMILES string of the molecule is CC[C@H](C)Oc1c(Cl)cc(/C=C2\SC(=Nc3ccc(N4CCOCC4)cc3)N(CC)C2=O)cc1OC. The second-order valence-corrected chi connectivity index (χ2v) is 9.96. The molecule has 9 heteroatoms. The lowest BCUT2D eigenvalue weighted by molar-refractivity contribution is -0.122. The van der Waals surface area contributed by atoms with Crippen molar-refractivity contribution >= 4 is 51.9 Å². The van der Waals surface area contributed by atoms with Gasteiger partial charge in [0.2, 0.25) is 0 Å². The van der Waals surface area contributed by atoms with E-state index in [1.54, 1.807) is 18.1 Å². The number of nitrogens with zero attached hydrogens (tertiary/aromatic N) is 3. The zero-order valence-corrected chi connectivity index (χ0v) is 22.7. The highest BCUT2D eigenvalue weighted by atomic mass is 35.5. The van der Waals surface area contributed by atoms with Crippen molar-refractivity contribution in [3.8, 4) is 11.5 Å². The third kappa shape index (κ3) is 5.99. The molecule has 1 atom stereocenters. The summed E-state index contributed by atoms with van der Waals surface area (Å²) in [6.45, 7) is 9.76. The number of hydrogen-bond acceptors (Lipinski definition) is 7. The van der Waals surface area contributed by atoms with Crippen LogP contribution in [0, 0.1) is 0 Å². The van der Waals surface area contributed by atoms with E-state index in [1.807, 2.05) is 45.0 Å². The Labute approximate surface area is 222 Å². The average molecular weight is 530 g/mol. The predicted octanol–water partition coefficient (Wildman–Crippen LogP) is 5.99. The molecule has 0 bridgehead atoms. The number of benzene rings is 2. The van der Waals surface area contributed by atoms with E-state index in [0.717, 1.165) is 49.7 Å². The fourth-order valence-corrected chi connectivity index (χ4v) is 5.24. The molecule has 0 spiro atoms. The van der Waals surface area contributed by atoms with Gasteiger partial charge in [0, 0.05) is 25.3 Å². The Hall–Kier alpha value is -2.68. The van der Waals surface area contributed by atoms with Gasteiger partial charge >= 0.3 is 0 Å². The quantitative estimate of drug-likeness (QED) is 0.392. The molecule has 0 aromatic heterocycles. The van der Waals surface area contributed by atoms with Gasteiger partial charge in [0.1, 0.15) is 0 Å². The van der Waals surface area contributed by atoms with Gasteiger partial charge in [-0.15, -0.1) is 0 Å². The van der Waals surface area contributed by atoms with Crippen molar-refractivity contribution in [2.75, 3.05) is 44.9 Å². The minimum atomic E-state index is -0.0822. The van der Waals surface area contributed by atoms with Gasteiger partial charge in [0.05, 0.1) is 42.0 Å². The molecule has 7 nitrogen and oxygen atoms in total. The highest BCUT2D eigenvalue weighted by molar-refractivity contribution is 8.18. The number of carbonyl (C=O) groups is 1. The molecule has 0 saturated carbocycles. The van der Waals surface area contributed by atoms with Gasteiger partial charge in [-0.05, 0) is 80.1 Å². The number of hydrogen-bond donors (Lipinski definition) is 0. The van der Waals surface area contributed by atoms with Crippen molar-refractivity contribution in [3.05, 3.63) is 51.9 Å². The van der Waals surface area contributed by atoms with Crippen LogP contribution in [-0.4, -0.2) is 62.0 Å². The molecule has 0 aliphatic carbocycles. The molecule has 1 amide bonds. The Morgan fingerprint density at radius 3 is 2.56 bits per heavy atom. The normalized spacial score (nSPS) is 19.3. The maximum Gasteiger partial charge on any atom is 0.266 e. The van der Waals surface area contributed by atoms with Gasteiger partial charge in [-0.1, -0.05) is 18.5 Å². The summed E-state index contributed by atoms with van der Waals surface area (Å²) in [5.41, 5.74) is 2.71. The fourth-order valence-electron chi connectivity index (χ4n) is 3.91. The molecule has 2 fully saturated rings. The molecule has 4 rings (SSSR count). The van der Waals surface area contributed by atoms with Crippen LogP contribution < -0.4 is 14.4 Å². The maximum atomic E-state index is 13.1. The van der Waals surface area contributed by atoms with Crippen LogP contribution in [0.25, 0.3) is 6.08 Å². The van der Waals surface area contributed by atoms with E-state index >= 15 is 0 Å². The largest absolute Gasteiger partial charge is 0.493 e. The number of methoxy groups -OCH3 is 1. The lowest BCUT2D eigenvalue weighted by atomic mass is 10.1. The summed E-state index contributed by atoms with van der Waals surface area (Å²) >= 11 is 7.88. The smallest absolute Gasteiger partial charge is 0.266 e. The zero-order chi connectivity index (χ0) is 25.7. The second-order valence-electron chi connectivity index (χ2n) is 8.54. The Morgan fingerprint density at radius 2 is 1.92 bits per heavy atom. The first-order chi connectivity index (χ1) is 17.4. The number of likely N-dealkylation sites (N-methyl/N-ethyl adjacent to an activating group) is 1. The monoisotopic (exact) mass is 529 g/mol. The van der Waals surface area contributed by atoms with E-state index < -0.39 is 0 Å². The summed E-state index contributed by atoms with van der Waals surface area (Å²) in [5.74, 6) is 0.965. The maximum absolute atomic E-state index is 13.1. The predicted molar refractivity (Wildman–Crippen MR) is 148 cm³/mol. The van der Waals surface area contributed by atoms with Crippen molar-refractivity contribution in [1.29, 1.82) is 0 Å². The van der Waals surface area contributed by atoms with Crippen LogP contribution in [0.1, 0.15) is 32.8 Å². The van der Waals surface area contributed by atoms with Crippen LogP contribution in [0.2, 0.25) is 5.02 Å². The van der Waals surface area contributed by atoms with Crippen LogP contribution >= 0.6 is 23.4 Å². The van der Waals surface area contributed by atoms with E-state index in [1.165, 1.54) is 11.8 Å². The number of morpholine rings is 1. The standard InChI is InChI=1S/C27H32ClN3O4S/c1-5-18(3)35-25-22(28)15-19(16-23(25)33-4)17-24-26(32)31(6-2)27(36-24)29-20-7-9-21(10-8-20)30-11-13-34-14-12-30/h7-10,15-18H,5-6,11-14H2,1-4H3/b24-17-,29-27?/t18-/m0/s1. The third-order valence-electron chi connectivity index (χ3n) is 6.10. The molecule has 0 unspecified atom stereocenters. The Bertz CT molecular complexity index is 1150. The Kier molecular flexibility index (Phi) is 8.82. The minimum absolute atomic E-state index is 0.00684. The molecule has 2 aliphatic heterocycles. The summed E-state index contributed by atoms with van der Waals surface area (Å²) in [6.07, 6.45) is 2.68. The molecule has 2 saturated heterocycles. The van der Waals surface area contributed by atoms with E-state index in [2.05, 4.69) is 17.0 Å². The summed E-state index contributed by atoms with van der Waals surface area (Å²) in [7, 11) is 1.58. The van der Waals surface area contributed by atoms with Crippen LogP contribution in [0.5, 0.6) is 11.5 Å². The molecule has 2 aromatic carbocycles. The van der Waals surface area contributed by atoms with Crippen molar-refractivity contribution in [2.24, 2.45) is 4.99 Å². The van der Waals surface area contributed by atoms with Crippen LogP contribution in [-0.2, 0) is 9.53 Å². The van der Waals surface area contributed by atoms with E-state index in [-0.39, 0.29) is 12.0 Å². The van der Waals surface area contributed by atoms with Gasteiger partial charge in [0.25, 0.3) is 5.91 Å². The number of thioether (sulfide) groups is 1. The third-order valence-corrected chi connectivity index (χ3v) is 7.39. The molecular weight excluding hydrogens is 498 g/mol. The first-order valence-corrected chi connectivity index (χ1v) is 13.4. The van der Waals surface area contributed by atoms with Crippen LogP contribution in [0.4, 0.5) is 11.4 Å². The Morgan fingerprint density at radius 1 is 1.19 bits per heavy atom. The molecule has 2 aromatic rings. The molecule has 0 radical (unpaired) electrons. The number of anilines is 1. The molecule has 192 valence electrons. The number of aliphatic imine (C=N–C) groups is 1. The van der Waals surface area contributed by atoms with E-state index in [0.29, 0.717) is 33.1 Å². The first-order valence-electron chi connectivity index (χ1n) is 12.2. The number of halogens is 1. The highest BCUT2D eigenvalue weighted by Crippen LogP contribution is 2.40. The zero-order valence-electron chi connectivity index (χ0n) is 21.1. The molecule has 36 heavy (non-hydrogen) atoms. The number of amidine groups is 1. The first kappa shape index (κ1) is 26.4. The molecular formula is C27H32ClN3O4S. The van der Waals surface area contributed by atoms with Crippen LogP contribution in [0.15, 0.2) is 46.3 Å². The van der Waals surface area contributed by atoms with Gasteiger partial charge in [-0.3, -0.25) is 9.69 Å². The summed E-state index contributed by atoms with van der Waals surface area (Å²) in [5, 5.41) is 1.10. The fraction of sp³-hybridized carbons (Fsp3) is 0.407. The second kappa shape index (κ2) is 12.0. The average Bonchev–Trinajstić information content (AvgIpc) is 3.19. The summed E-state index contributed by atoms with van der Waals surface area (Å²) in [6, 6.07) is 11.7. The summed E-state index contributed by atoms with van der Waals surface area (Å²) < 4.78 is 16.9. The van der Waals surface area contributed by atoms with Gasteiger partial charge in [-0.25, -0.2) is 4.99 Å². The Balaban J connectivity index is 1.56. The van der Waals surface area contributed by atoms with E-state index in [4.69, 9.17) is 30.8 Å². The van der Waals surface area contributed by atoms with E-state index in [9.17, 15) is 4.79 Å². The van der Waals surface area contributed by atoms with Crippen molar-refractivity contribution in [1.82, 2.24) is 4.90 Å². The number of rotatable bonds is 8. The van der Waals surface area contributed by atoms with Crippen molar-refractivity contribution in [3.63, 3.8) is 0 Å². The van der Waals surface area contributed by atoms with Gasteiger partial charge < -0.3 is 19.1 Å². The molecule has 2 heterocycles. The number of ether oxygens (including phenoxy) is 3. The van der Waals surface area contributed by atoms with Gasteiger partial charge in [0.15, 0.2) is 16.7 Å². The number of carbonyl (C=O) groups excluding carboxylic acids is 1. The minimum Gasteiger partial charge on any atom is -0.493 e. The van der Waals surface area contributed by atoms with Crippen molar-refractivity contribution < 1.29 is 19.0 Å². The molecule has 0 N–H and O–H groups in total. The highest BCUT2D eigenvalue weighted by Gasteiger charge is 2.32. The topological polar surface area (TPSA) is 63.6 Å². The summed E-state index contributed by atoms with van der Waals surface area (Å²) in [4.78, 5) is 22.5. The lowest BCUT2D eigenvalue weighted by Gasteiger charge is -2.28. The van der Waals surface area contributed by atoms with Crippen molar-refractivity contribution in [2.45, 2.75) is 33.3 Å². The van der Waals surface area contributed by atoms with Gasteiger partial charge in [-0.2, -0.15) is 0 Å². The number of amides is 1. The molecule has 2 aliphatic rings. The van der Waals surface area contributed by atoms with Crippen LogP contribution in [0.3, 0.4) is 0 Å². The lowest BCUT2D eigenvalue weighted by Crippen LogP contribution is -2.36.